The Labute approximate surface area is 82.0 Å². The fraction of sp³-hybridized carbons (Fsp3) is 0.222. The Hall–Kier alpha value is -1.91. The Morgan fingerprint density at radius 2 is 1.43 bits per heavy atom. The van der Waals surface area contributed by atoms with Gasteiger partial charge in [0.1, 0.15) is 12.7 Å². The minimum absolute atomic E-state index is 0.190. The van der Waals surface area contributed by atoms with E-state index in [9.17, 15) is 4.79 Å². The van der Waals surface area contributed by atoms with Crippen LogP contribution < -0.4 is 0 Å². The van der Waals surface area contributed by atoms with Crippen molar-refractivity contribution in [1.29, 1.82) is 0 Å². The Morgan fingerprint density at radius 3 is 1.71 bits per heavy atom. The lowest BCUT2D eigenvalue weighted by molar-refractivity contribution is 0.244. The summed E-state index contributed by atoms with van der Waals surface area (Å²) in [6, 6.07) is -0.190. The second kappa shape index (κ2) is 4.96. The molecule has 2 heterocycles. The highest BCUT2D eigenvalue weighted by Crippen LogP contribution is 1.91. The largest absolute Gasteiger partial charge is 0.338 e. The third kappa shape index (κ3) is 2.07. The lowest BCUT2D eigenvalue weighted by atomic mass is 10.8. The number of hydrogen-bond donors (Lipinski definition) is 0. The fourth-order valence-corrected chi connectivity index (χ4v) is 0.878. The first kappa shape index (κ1) is 10.2. The van der Waals surface area contributed by atoms with E-state index < -0.39 is 0 Å². The molecule has 2 aromatic heterocycles. The number of aromatic nitrogens is 4. The number of hydrogen-bond acceptors (Lipinski definition) is 3. The van der Waals surface area contributed by atoms with Crippen LogP contribution in [-0.4, -0.2) is 25.1 Å². The van der Waals surface area contributed by atoms with Crippen LogP contribution >= 0.6 is 0 Å². The molecule has 0 atom stereocenters. The number of imidazole rings is 2. The molecular formula is C9H12N4O. The Bertz CT molecular complexity index is 327. The molecule has 0 fully saturated rings. The van der Waals surface area contributed by atoms with Gasteiger partial charge in [-0.25, -0.2) is 14.8 Å². The molecular weight excluding hydrogens is 180 g/mol. The Morgan fingerprint density at radius 1 is 1.00 bits per heavy atom. The molecule has 2 aromatic rings. The second-order valence-electron chi connectivity index (χ2n) is 2.22. The van der Waals surface area contributed by atoms with Gasteiger partial charge in [-0.1, -0.05) is 13.8 Å². The summed E-state index contributed by atoms with van der Waals surface area (Å²) in [5, 5.41) is 0. The molecule has 0 spiro atoms. The van der Waals surface area contributed by atoms with Crippen LogP contribution in [0.1, 0.15) is 13.8 Å². The normalized spacial score (nSPS) is 9.00. The van der Waals surface area contributed by atoms with Crippen LogP contribution in [0.5, 0.6) is 0 Å². The van der Waals surface area contributed by atoms with Gasteiger partial charge in [0.2, 0.25) is 0 Å². The molecule has 14 heavy (non-hydrogen) atoms. The summed E-state index contributed by atoms with van der Waals surface area (Å²) in [5.74, 6) is 0. The van der Waals surface area contributed by atoms with Gasteiger partial charge < -0.3 is 0 Å². The number of nitrogens with zero attached hydrogens (tertiary/aromatic N) is 4. The van der Waals surface area contributed by atoms with E-state index in [-0.39, 0.29) is 6.03 Å². The van der Waals surface area contributed by atoms with Gasteiger partial charge in [0, 0.05) is 24.8 Å². The van der Waals surface area contributed by atoms with Crippen molar-refractivity contribution in [3.05, 3.63) is 37.4 Å². The molecule has 0 N–H and O–H groups in total. The molecule has 0 amide bonds. The maximum atomic E-state index is 11.4. The van der Waals surface area contributed by atoms with Gasteiger partial charge in [-0.2, -0.15) is 0 Å². The summed E-state index contributed by atoms with van der Waals surface area (Å²) in [7, 11) is 0. The highest BCUT2D eigenvalue weighted by molar-refractivity contribution is 5.78. The van der Waals surface area contributed by atoms with Crippen LogP contribution in [0, 0.1) is 0 Å². The van der Waals surface area contributed by atoms with Crippen molar-refractivity contribution in [2.45, 2.75) is 13.8 Å². The topological polar surface area (TPSA) is 52.7 Å². The molecule has 0 saturated heterocycles. The first-order valence-electron chi connectivity index (χ1n) is 4.38. The maximum Gasteiger partial charge on any atom is 0.338 e. The molecule has 0 aliphatic heterocycles. The van der Waals surface area contributed by atoms with Crippen molar-refractivity contribution in [3.63, 3.8) is 0 Å². The number of carbonyl (C=O) groups is 1. The maximum absolute atomic E-state index is 11.4. The van der Waals surface area contributed by atoms with Gasteiger partial charge in [-0.05, 0) is 0 Å². The minimum atomic E-state index is -0.190. The average Bonchev–Trinajstić information content (AvgIpc) is 2.93. The number of carbonyl (C=O) groups excluding carboxylic acids is 1. The van der Waals surface area contributed by atoms with E-state index in [1.165, 1.54) is 21.8 Å². The Kier molecular flexibility index (Phi) is 3.60. The quantitative estimate of drug-likeness (QED) is 0.637. The van der Waals surface area contributed by atoms with Gasteiger partial charge in [0.25, 0.3) is 0 Å². The van der Waals surface area contributed by atoms with Crippen LogP contribution in [0.15, 0.2) is 37.4 Å². The first-order valence-corrected chi connectivity index (χ1v) is 4.38. The van der Waals surface area contributed by atoms with Gasteiger partial charge in [0.15, 0.2) is 0 Å². The SMILES string of the molecule is CC.O=C(n1ccnc1)n1ccnc1. The molecule has 0 bridgehead atoms. The molecule has 2 rings (SSSR count). The highest BCUT2D eigenvalue weighted by Gasteiger charge is 2.03. The molecule has 74 valence electrons. The van der Waals surface area contributed by atoms with Crippen molar-refractivity contribution in [2.75, 3.05) is 0 Å². The zero-order valence-corrected chi connectivity index (χ0v) is 8.16. The summed E-state index contributed by atoms with van der Waals surface area (Å²) in [4.78, 5) is 18.9. The lowest BCUT2D eigenvalue weighted by Crippen LogP contribution is -2.15. The van der Waals surface area contributed by atoms with E-state index in [2.05, 4.69) is 9.97 Å². The van der Waals surface area contributed by atoms with Gasteiger partial charge in [0.05, 0.1) is 0 Å². The van der Waals surface area contributed by atoms with Crippen LogP contribution in [0.25, 0.3) is 0 Å². The molecule has 0 radical (unpaired) electrons. The lowest BCUT2D eigenvalue weighted by Gasteiger charge is -1.98. The predicted octanol–water partition coefficient (Wildman–Crippen LogP) is 1.62. The van der Waals surface area contributed by atoms with Crippen LogP contribution in [-0.2, 0) is 0 Å². The second-order valence-corrected chi connectivity index (χ2v) is 2.22. The summed E-state index contributed by atoms with van der Waals surface area (Å²) >= 11 is 0. The van der Waals surface area contributed by atoms with Gasteiger partial charge >= 0.3 is 6.03 Å². The minimum Gasteiger partial charge on any atom is -0.257 e. The van der Waals surface area contributed by atoms with E-state index >= 15 is 0 Å². The van der Waals surface area contributed by atoms with Gasteiger partial charge in [-0.15, -0.1) is 0 Å². The van der Waals surface area contributed by atoms with E-state index in [0.717, 1.165) is 0 Å². The van der Waals surface area contributed by atoms with Crippen LogP contribution in [0.2, 0.25) is 0 Å². The van der Waals surface area contributed by atoms with Crippen molar-refractivity contribution >= 4 is 6.03 Å². The molecule has 0 aliphatic rings. The van der Waals surface area contributed by atoms with Crippen molar-refractivity contribution < 1.29 is 4.79 Å². The van der Waals surface area contributed by atoms with Crippen LogP contribution in [0.3, 0.4) is 0 Å². The van der Waals surface area contributed by atoms with Gasteiger partial charge in [-0.3, -0.25) is 9.13 Å². The zero-order valence-electron chi connectivity index (χ0n) is 8.16. The summed E-state index contributed by atoms with van der Waals surface area (Å²) in [5.41, 5.74) is 0. The third-order valence-corrected chi connectivity index (χ3v) is 1.45. The molecule has 0 aromatic carbocycles. The number of rotatable bonds is 0. The smallest absolute Gasteiger partial charge is 0.257 e. The standard InChI is InChI=1S/C7H6N4O.C2H6/c12-7(10-3-1-8-5-10)11-4-2-9-6-11;1-2/h1-6H;1-2H3. The average molecular weight is 192 g/mol. The van der Waals surface area contributed by atoms with Crippen molar-refractivity contribution in [2.24, 2.45) is 0 Å². The third-order valence-electron chi connectivity index (χ3n) is 1.45. The molecule has 0 unspecified atom stereocenters. The molecule has 0 saturated carbocycles. The van der Waals surface area contributed by atoms with E-state index in [0.29, 0.717) is 0 Å². The molecule has 5 heteroatoms. The molecule has 5 nitrogen and oxygen atoms in total. The first-order chi connectivity index (χ1) is 6.88. The Balaban J connectivity index is 0.000000461. The molecule has 0 aliphatic carbocycles. The highest BCUT2D eigenvalue weighted by atomic mass is 16.2. The summed E-state index contributed by atoms with van der Waals surface area (Å²) in [6.07, 6.45) is 9.17. The van der Waals surface area contributed by atoms with Crippen LogP contribution in [0.4, 0.5) is 4.79 Å². The summed E-state index contributed by atoms with van der Waals surface area (Å²) in [6.45, 7) is 4.00. The van der Waals surface area contributed by atoms with Crippen molar-refractivity contribution in [1.82, 2.24) is 19.1 Å². The summed E-state index contributed by atoms with van der Waals surface area (Å²) < 4.78 is 2.75. The van der Waals surface area contributed by atoms with Crippen molar-refractivity contribution in [3.8, 4) is 0 Å². The van der Waals surface area contributed by atoms with E-state index in [1.54, 1.807) is 24.8 Å². The fourth-order valence-electron chi connectivity index (χ4n) is 0.878. The predicted molar refractivity (Wildman–Crippen MR) is 52.0 cm³/mol. The monoisotopic (exact) mass is 192 g/mol. The van der Waals surface area contributed by atoms with E-state index in [1.807, 2.05) is 13.8 Å². The van der Waals surface area contributed by atoms with E-state index in [4.69, 9.17) is 0 Å². The zero-order chi connectivity index (χ0) is 10.4.